The summed E-state index contributed by atoms with van der Waals surface area (Å²) in [6, 6.07) is 151. The molecule has 0 amide bonds. The topological polar surface area (TPSA) is 57.7 Å². The minimum absolute atomic E-state index is 0.163. The molecule has 0 saturated carbocycles. The van der Waals surface area contributed by atoms with Gasteiger partial charge in [-0.2, -0.15) is 0 Å². The second-order valence-corrected chi connectivity index (χ2v) is 39.8. The number of ether oxygens (including phenoxy) is 2. The fourth-order valence-electron chi connectivity index (χ4n) is 23.3. The Bertz CT molecular complexity index is 8500. The lowest BCUT2D eigenvalue weighted by Gasteiger charge is -2.35. The van der Waals surface area contributed by atoms with E-state index in [0.717, 1.165) is 135 Å². The second kappa shape index (κ2) is 29.0. The Morgan fingerprint density at radius 1 is 0.176 bits per heavy atom. The van der Waals surface area contributed by atoms with Crippen molar-refractivity contribution in [1.29, 1.82) is 0 Å². The monoisotopic (exact) mass is 1780 g/mol. The highest BCUT2D eigenvalue weighted by Gasteiger charge is 2.43. The Kier molecular flexibility index (Phi) is 16.4. The third-order valence-electron chi connectivity index (χ3n) is 29.6. The van der Waals surface area contributed by atoms with E-state index in [-0.39, 0.29) is 10.8 Å². The first kappa shape index (κ1) is 77.1. The van der Waals surface area contributed by atoms with Gasteiger partial charge in [0.15, 0.2) is 23.0 Å². The van der Waals surface area contributed by atoms with Gasteiger partial charge in [0.05, 0.1) is 45.5 Å². The average Bonchev–Trinajstić information content (AvgIpc) is 1.54. The summed E-state index contributed by atoms with van der Waals surface area (Å²) in [5, 5.41) is 4.55. The number of para-hydroxylation sites is 8. The summed E-state index contributed by atoms with van der Waals surface area (Å²) in [4.78, 5) is 14.5. The Hall–Kier alpha value is -16.5. The van der Waals surface area contributed by atoms with Crippen LogP contribution in [0.3, 0.4) is 0 Å². The second-order valence-electron chi connectivity index (χ2n) is 37.6. The molecular weight excluding hydrogens is 1700 g/mol. The van der Waals surface area contributed by atoms with E-state index in [1.807, 2.05) is 35.7 Å². The number of furan rings is 2. The third-order valence-corrected chi connectivity index (χ3v) is 31.8. The molecule has 4 aliphatic carbocycles. The highest BCUT2D eigenvalue weighted by molar-refractivity contribution is 8.00. The number of hydrogen-bond acceptors (Lipinski definition) is 10. The van der Waals surface area contributed by atoms with Gasteiger partial charge in [-0.3, -0.25) is 0 Å². The van der Waals surface area contributed by atoms with E-state index >= 15 is 0 Å². The fourth-order valence-corrected chi connectivity index (χ4v) is 25.4. The molecule has 6 heterocycles. The van der Waals surface area contributed by atoms with Gasteiger partial charge in [-0.05, 0) is 279 Å². The van der Waals surface area contributed by atoms with Crippen molar-refractivity contribution in [2.45, 2.75) is 58.1 Å². The highest BCUT2D eigenvalue weighted by Crippen LogP contribution is 2.65. The largest absolute Gasteiger partial charge is 0.456 e. The molecule has 0 radical (unpaired) electrons. The van der Waals surface area contributed by atoms with Crippen LogP contribution in [0.1, 0.15) is 49.9 Å². The molecule has 2 aromatic heterocycles. The van der Waals surface area contributed by atoms with E-state index in [2.05, 4.69) is 448 Å². The molecule has 0 saturated heterocycles. The summed E-state index contributed by atoms with van der Waals surface area (Å²) in [5.41, 5.74) is 45.7. The quantitative estimate of drug-likeness (QED) is 0.170. The fraction of sp³-hybridized carbons (Fsp3) is 0.0476. The van der Waals surface area contributed by atoms with Crippen molar-refractivity contribution in [3.05, 3.63) is 435 Å². The van der Waals surface area contributed by atoms with E-state index in [9.17, 15) is 0 Å². The predicted molar refractivity (Wildman–Crippen MR) is 560 cm³/mol. The first-order valence-electron chi connectivity index (χ1n) is 46.6. The Labute approximate surface area is 794 Å². The maximum absolute atomic E-state index is 6.81. The maximum atomic E-state index is 6.81. The molecular formula is C126H80N4O4S2. The standard InChI is InChI=1S/C66H46N2O2.C60H34N2O2S2/c1-65(2)53-23-11-9-21-47(53)51-35-63-59(37-55(51)65)67(57-25-13-15-27-61(57)69-63)39-29-31-45-42-18-6-8-20-44(42)50-34-40(30-32-46(50)41-17-5-7-19-43(41)49(45)33-39)68-58-26-14-16-28-62(58)70-64-36-52-48-22-10-12-24-54(48)66(3,4)56(52)38-60(64)68;1-3-15-39-37(13-1)41-27-25-35(61-49-19-7-11-23-57(49)65-59-31-47-43-17-5-9-21-53(43)63-55(47)33-51(59)61)30-46(41)40-16-4-2-14-38(40)42-28-26-36(29-45(39)42)62-50-20-8-12-24-58(50)66-60-32-48-44-18-6-10-22-54(44)64-56(48)34-52(60)62/h5-38H,1-4H3;1-34H. The van der Waals surface area contributed by atoms with Gasteiger partial charge in [-0.15, -0.1) is 0 Å². The highest BCUT2D eigenvalue weighted by atomic mass is 32.2. The van der Waals surface area contributed by atoms with Crippen LogP contribution in [0.2, 0.25) is 0 Å². The lowest BCUT2D eigenvalue weighted by atomic mass is 9.80. The van der Waals surface area contributed by atoms with Gasteiger partial charge in [-0.1, -0.05) is 306 Å². The average molecular weight is 1780 g/mol. The maximum Gasteiger partial charge on any atom is 0.152 e. The summed E-state index contributed by atoms with van der Waals surface area (Å²) in [7, 11) is 0. The Balaban J connectivity index is 0.000000132. The molecule has 8 nitrogen and oxygen atoms in total. The first-order valence-corrected chi connectivity index (χ1v) is 48.3. The first-order chi connectivity index (χ1) is 66.9. The minimum atomic E-state index is -0.163. The molecule has 0 N–H and O–H groups in total. The van der Waals surface area contributed by atoms with E-state index < -0.39 is 0 Å². The third kappa shape index (κ3) is 11.3. The van der Waals surface area contributed by atoms with Crippen molar-refractivity contribution in [1.82, 2.24) is 0 Å². The lowest BCUT2D eigenvalue weighted by molar-refractivity contribution is 0.476. The molecule has 22 aromatic rings. The molecule has 0 spiro atoms. The Morgan fingerprint density at radius 3 is 0.831 bits per heavy atom. The molecule has 0 atom stereocenters. The number of benzene rings is 20. The van der Waals surface area contributed by atoms with Crippen LogP contribution in [0, 0.1) is 0 Å². The summed E-state index contributed by atoms with van der Waals surface area (Å²) >= 11 is 3.65. The molecule has 30 rings (SSSR count). The molecule has 640 valence electrons. The molecule has 0 fully saturated rings. The van der Waals surface area contributed by atoms with Gasteiger partial charge in [0.2, 0.25) is 0 Å². The molecule has 0 unspecified atom stereocenters. The van der Waals surface area contributed by atoms with Crippen LogP contribution in [0.15, 0.2) is 441 Å². The molecule has 4 aliphatic heterocycles. The number of hydrogen-bond donors (Lipinski definition) is 0. The minimum Gasteiger partial charge on any atom is -0.456 e. The molecule has 8 aliphatic rings. The van der Waals surface area contributed by atoms with Gasteiger partial charge in [0.25, 0.3) is 0 Å². The van der Waals surface area contributed by atoms with Crippen molar-refractivity contribution in [2.24, 2.45) is 0 Å². The van der Waals surface area contributed by atoms with Gasteiger partial charge in [0, 0.05) is 86.8 Å². The van der Waals surface area contributed by atoms with E-state index in [0.29, 0.717) is 0 Å². The van der Waals surface area contributed by atoms with Crippen molar-refractivity contribution >= 4 is 136 Å². The van der Waals surface area contributed by atoms with Crippen LogP contribution in [0.25, 0.3) is 155 Å². The van der Waals surface area contributed by atoms with E-state index in [1.165, 1.54) is 153 Å². The summed E-state index contributed by atoms with van der Waals surface area (Å²) in [6.07, 6.45) is 0. The molecule has 10 heteroatoms. The van der Waals surface area contributed by atoms with Gasteiger partial charge >= 0.3 is 0 Å². The van der Waals surface area contributed by atoms with Crippen LogP contribution in [-0.2, 0) is 10.8 Å². The van der Waals surface area contributed by atoms with Gasteiger partial charge < -0.3 is 37.9 Å². The SMILES string of the molecule is CC1(C)c2ccccc2-c2cc3c(cc21)N(c1ccc2c(c1)-c1ccccc1-c1ccc(N4c5ccccc5Oc5cc6c(cc54)C(C)(C)c4ccccc4-6)cc1-c1ccccc1-2)c1ccccc1O3.c1ccc2c(c1)Sc1cc3c(cc1N2c1ccc2c(c1)-c1ccccc1-c1ccc(N4c5ccccc5Sc5cc6c(cc54)oc4ccccc46)cc1-c1ccccc1-2)oc1ccccc13. The van der Waals surface area contributed by atoms with Crippen LogP contribution in [-0.4, -0.2) is 0 Å². The van der Waals surface area contributed by atoms with Gasteiger partial charge in [-0.25, -0.2) is 0 Å². The normalized spacial score (nSPS) is 14.1. The van der Waals surface area contributed by atoms with Crippen molar-refractivity contribution in [3.63, 3.8) is 0 Å². The predicted octanol–water partition coefficient (Wildman–Crippen LogP) is 36.8. The van der Waals surface area contributed by atoms with Crippen molar-refractivity contribution in [2.75, 3.05) is 19.6 Å². The Morgan fingerprint density at radius 2 is 0.463 bits per heavy atom. The zero-order valence-corrected chi connectivity index (χ0v) is 76.1. The van der Waals surface area contributed by atoms with Crippen molar-refractivity contribution < 1.29 is 18.3 Å². The molecule has 0 bridgehead atoms. The van der Waals surface area contributed by atoms with Crippen LogP contribution >= 0.6 is 23.5 Å². The number of rotatable bonds is 4. The molecule has 20 aromatic carbocycles. The molecule has 136 heavy (non-hydrogen) atoms. The van der Waals surface area contributed by atoms with E-state index in [4.69, 9.17) is 18.3 Å². The summed E-state index contributed by atoms with van der Waals surface area (Å²) in [6.45, 7) is 9.38. The number of nitrogens with zero attached hydrogens (tertiary/aromatic N) is 4. The lowest BCUT2D eigenvalue weighted by Crippen LogP contribution is -2.19. The van der Waals surface area contributed by atoms with Crippen LogP contribution in [0.4, 0.5) is 68.2 Å². The smallest absolute Gasteiger partial charge is 0.152 e. The van der Waals surface area contributed by atoms with E-state index in [1.54, 1.807) is 0 Å². The zero-order chi connectivity index (χ0) is 89.7. The zero-order valence-electron chi connectivity index (χ0n) is 74.5. The van der Waals surface area contributed by atoms with Crippen molar-refractivity contribution in [3.8, 4) is 134 Å². The number of fused-ring (bicyclic) bond motifs is 36. The van der Waals surface area contributed by atoms with Crippen LogP contribution < -0.4 is 29.1 Å². The van der Waals surface area contributed by atoms with Gasteiger partial charge in [0.1, 0.15) is 22.3 Å². The number of anilines is 12. The van der Waals surface area contributed by atoms with Crippen LogP contribution in [0.5, 0.6) is 23.0 Å². The summed E-state index contributed by atoms with van der Waals surface area (Å²) < 4.78 is 26.6. The summed E-state index contributed by atoms with van der Waals surface area (Å²) in [5.74, 6) is 3.39.